The first-order chi connectivity index (χ1) is 8.66. The van der Waals surface area contributed by atoms with Crippen LogP contribution in [0.3, 0.4) is 0 Å². The summed E-state index contributed by atoms with van der Waals surface area (Å²) in [5, 5.41) is 0.475. The Bertz CT molecular complexity index is 511. The summed E-state index contributed by atoms with van der Waals surface area (Å²) in [6, 6.07) is 11.6. The molecule has 0 bridgehead atoms. The third-order valence-corrected chi connectivity index (χ3v) is 3.77. The summed E-state index contributed by atoms with van der Waals surface area (Å²) < 4.78 is 13.8. The summed E-state index contributed by atoms with van der Waals surface area (Å²) in [5.41, 5.74) is 2.12. The Morgan fingerprint density at radius 3 is 2.56 bits per heavy atom. The van der Waals surface area contributed by atoms with E-state index in [2.05, 4.69) is 4.98 Å². The van der Waals surface area contributed by atoms with Crippen LogP contribution in [0.2, 0.25) is 0 Å². The number of nitrogens with zero attached hydrogens (tertiary/aromatic N) is 1. The molecule has 2 aromatic rings. The zero-order chi connectivity index (χ0) is 13.0. The third kappa shape index (κ3) is 3.33. The van der Waals surface area contributed by atoms with Gasteiger partial charge >= 0.3 is 0 Å². The third-order valence-electron chi connectivity index (χ3n) is 2.71. The van der Waals surface area contributed by atoms with Crippen LogP contribution in [-0.2, 0) is 5.75 Å². The molecular formula is C15H16FNS. The first-order valence-corrected chi connectivity index (χ1v) is 6.97. The Morgan fingerprint density at radius 1 is 1.22 bits per heavy atom. The summed E-state index contributed by atoms with van der Waals surface area (Å²) in [5.74, 6) is 0.827. The minimum Gasteiger partial charge on any atom is -0.247 e. The Balaban J connectivity index is 2.06. The van der Waals surface area contributed by atoms with E-state index in [4.69, 9.17) is 0 Å². The molecule has 0 atom stereocenters. The van der Waals surface area contributed by atoms with Crippen molar-refractivity contribution in [2.24, 2.45) is 0 Å². The van der Waals surface area contributed by atoms with E-state index in [1.165, 1.54) is 17.3 Å². The monoisotopic (exact) mass is 261 g/mol. The van der Waals surface area contributed by atoms with E-state index in [1.807, 2.05) is 44.2 Å². The first-order valence-electron chi connectivity index (χ1n) is 5.99. The molecule has 2 rings (SSSR count). The SMILES string of the molecule is CC(C)c1cnc(SCc2ccccc2)c(F)c1. The minimum atomic E-state index is -0.220. The van der Waals surface area contributed by atoms with E-state index in [0.717, 1.165) is 11.3 Å². The molecule has 18 heavy (non-hydrogen) atoms. The van der Waals surface area contributed by atoms with Crippen LogP contribution < -0.4 is 0 Å². The Kier molecular flexibility index (Phi) is 4.37. The summed E-state index contributed by atoms with van der Waals surface area (Å²) in [6.07, 6.45) is 1.76. The number of hydrogen-bond acceptors (Lipinski definition) is 2. The van der Waals surface area contributed by atoms with Gasteiger partial charge in [-0.1, -0.05) is 55.9 Å². The van der Waals surface area contributed by atoms with Crippen LogP contribution in [-0.4, -0.2) is 4.98 Å². The Labute approximate surface area is 111 Å². The molecule has 0 aliphatic rings. The number of thioether (sulfide) groups is 1. The molecule has 0 unspecified atom stereocenters. The highest BCUT2D eigenvalue weighted by atomic mass is 32.2. The predicted molar refractivity (Wildman–Crippen MR) is 74.3 cm³/mol. The molecule has 1 heterocycles. The van der Waals surface area contributed by atoms with Gasteiger partial charge in [-0.15, -0.1) is 0 Å². The van der Waals surface area contributed by atoms with Crippen LogP contribution in [0.5, 0.6) is 0 Å². The molecule has 3 heteroatoms. The smallest absolute Gasteiger partial charge is 0.155 e. The van der Waals surface area contributed by atoms with Gasteiger partial charge < -0.3 is 0 Å². The van der Waals surface area contributed by atoms with Gasteiger partial charge in [-0.3, -0.25) is 0 Å². The number of halogens is 1. The molecule has 1 nitrogen and oxygen atoms in total. The molecule has 0 amide bonds. The van der Waals surface area contributed by atoms with Crippen LogP contribution in [0.1, 0.15) is 30.9 Å². The Morgan fingerprint density at radius 2 is 1.94 bits per heavy atom. The fourth-order valence-corrected chi connectivity index (χ4v) is 2.41. The van der Waals surface area contributed by atoms with Gasteiger partial charge in [0.25, 0.3) is 0 Å². The van der Waals surface area contributed by atoms with Crippen LogP contribution >= 0.6 is 11.8 Å². The minimum absolute atomic E-state index is 0.220. The second-order valence-electron chi connectivity index (χ2n) is 4.48. The molecular weight excluding hydrogens is 245 g/mol. The van der Waals surface area contributed by atoms with Crippen molar-refractivity contribution in [1.29, 1.82) is 0 Å². The maximum Gasteiger partial charge on any atom is 0.155 e. The number of benzene rings is 1. The second kappa shape index (κ2) is 6.01. The van der Waals surface area contributed by atoms with Gasteiger partial charge in [0.15, 0.2) is 5.82 Å². The fraction of sp³-hybridized carbons (Fsp3) is 0.267. The Hall–Kier alpha value is -1.35. The van der Waals surface area contributed by atoms with E-state index >= 15 is 0 Å². The average molecular weight is 261 g/mol. The predicted octanol–water partition coefficient (Wildman–Crippen LogP) is 4.64. The normalized spacial score (nSPS) is 10.9. The lowest BCUT2D eigenvalue weighted by Crippen LogP contribution is -1.94. The maximum absolute atomic E-state index is 13.8. The lowest BCUT2D eigenvalue weighted by atomic mass is 10.1. The summed E-state index contributed by atoms with van der Waals surface area (Å²) in [7, 11) is 0. The van der Waals surface area contributed by atoms with E-state index < -0.39 is 0 Å². The number of hydrogen-bond donors (Lipinski definition) is 0. The van der Waals surface area contributed by atoms with Gasteiger partial charge in [0.1, 0.15) is 5.03 Å². The van der Waals surface area contributed by atoms with E-state index in [9.17, 15) is 4.39 Å². The zero-order valence-corrected chi connectivity index (χ0v) is 11.4. The molecule has 0 radical (unpaired) electrons. The van der Waals surface area contributed by atoms with Crippen molar-refractivity contribution in [2.75, 3.05) is 0 Å². The summed E-state index contributed by atoms with van der Waals surface area (Å²) >= 11 is 1.43. The van der Waals surface area contributed by atoms with Gasteiger partial charge in [-0.25, -0.2) is 9.37 Å². The number of pyridine rings is 1. The van der Waals surface area contributed by atoms with Crippen molar-refractivity contribution < 1.29 is 4.39 Å². The van der Waals surface area contributed by atoms with Crippen LogP contribution in [0.15, 0.2) is 47.6 Å². The van der Waals surface area contributed by atoms with Gasteiger partial charge in [-0.05, 0) is 23.1 Å². The molecule has 0 spiro atoms. The van der Waals surface area contributed by atoms with Crippen LogP contribution in [0, 0.1) is 5.82 Å². The van der Waals surface area contributed by atoms with Crippen molar-refractivity contribution >= 4 is 11.8 Å². The van der Waals surface area contributed by atoms with Gasteiger partial charge in [0, 0.05) is 11.9 Å². The summed E-state index contributed by atoms with van der Waals surface area (Å²) in [4.78, 5) is 4.20. The van der Waals surface area contributed by atoms with Gasteiger partial charge in [0.05, 0.1) is 0 Å². The van der Waals surface area contributed by atoms with Gasteiger partial charge in [-0.2, -0.15) is 0 Å². The van der Waals surface area contributed by atoms with Crippen molar-refractivity contribution in [2.45, 2.75) is 30.5 Å². The molecule has 0 aliphatic carbocycles. The topological polar surface area (TPSA) is 12.9 Å². The maximum atomic E-state index is 13.8. The zero-order valence-electron chi connectivity index (χ0n) is 10.6. The first kappa shape index (κ1) is 13.1. The second-order valence-corrected chi connectivity index (χ2v) is 5.45. The van der Waals surface area contributed by atoms with Gasteiger partial charge in [0.2, 0.25) is 0 Å². The molecule has 0 N–H and O–H groups in total. The largest absolute Gasteiger partial charge is 0.247 e. The lowest BCUT2D eigenvalue weighted by Gasteiger charge is -2.07. The van der Waals surface area contributed by atoms with E-state index in [1.54, 1.807) is 12.3 Å². The highest BCUT2D eigenvalue weighted by Gasteiger charge is 2.08. The van der Waals surface area contributed by atoms with Crippen molar-refractivity contribution in [1.82, 2.24) is 4.98 Å². The average Bonchev–Trinajstić information content (AvgIpc) is 2.38. The molecule has 0 saturated carbocycles. The van der Waals surface area contributed by atoms with E-state index in [0.29, 0.717) is 10.9 Å². The molecule has 1 aromatic carbocycles. The molecule has 94 valence electrons. The highest BCUT2D eigenvalue weighted by Crippen LogP contribution is 2.25. The van der Waals surface area contributed by atoms with Crippen molar-refractivity contribution in [3.63, 3.8) is 0 Å². The standard InChI is InChI=1S/C15H16FNS/c1-11(2)13-8-14(16)15(17-9-13)18-10-12-6-4-3-5-7-12/h3-9,11H,10H2,1-2H3. The van der Waals surface area contributed by atoms with Crippen molar-refractivity contribution in [3.8, 4) is 0 Å². The number of rotatable bonds is 4. The molecule has 0 fully saturated rings. The van der Waals surface area contributed by atoms with Crippen LogP contribution in [0.25, 0.3) is 0 Å². The van der Waals surface area contributed by atoms with Crippen molar-refractivity contribution in [3.05, 3.63) is 59.5 Å². The number of aromatic nitrogens is 1. The summed E-state index contributed by atoms with van der Waals surface area (Å²) in [6.45, 7) is 4.07. The molecule has 0 saturated heterocycles. The molecule has 1 aromatic heterocycles. The van der Waals surface area contributed by atoms with E-state index in [-0.39, 0.29) is 5.82 Å². The van der Waals surface area contributed by atoms with Crippen LogP contribution in [0.4, 0.5) is 4.39 Å². The highest BCUT2D eigenvalue weighted by molar-refractivity contribution is 7.98. The quantitative estimate of drug-likeness (QED) is 0.744. The molecule has 0 aliphatic heterocycles. The fourth-order valence-electron chi connectivity index (χ4n) is 1.59. The lowest BCUT2D eigenvalue weighted by molar-refractivity contribution is 0.582.